The molecule has 1 saturated carbocycles. The molecule has 3 aliphatic rings. The number of aryl methyl sites for hydroxylation is 2. The number of carbonyl (C=O) groups excluding carboxylic acids is 1. The van der Waals surface area contributed by atoms with Crippen LogP contribution < -0.4 is 10.6 Å². The molecule has 132 valence electrons. The third-order valence-electron chi connectivity index (χ3n) is 5.40. The van der Waals surface area contributed by atoms with Crippen molar-refractivity contribution in [2.75, 3.05) is 26.2 Å². The second-order valence-electron chi connectivity index (χ2n) is 7.34. The van der Waals surface area contributed by atoms with Crippen molar-refractivity contribution in [3.05, 3.63) is 15.6 Å². The topological polar surface area (TPSA) is 60.5 Å². The minimum atomic E-state index is 0.0198. The Bertz CT molecular complexity index is 606. The Morgan fingerprint density at radius 3 is 2.58 bits per heavy atom. The molecule has 7 heteroatoms. The van der Waals surface area contributed by atoms with Crippen molar-refractivity contribution in [2.24, 2.45) is 5.92 Å². The Balaban J connectivity index is 1.30. The molecule has 2 aliphatic heterocycles. The molecular formula is C17H27N5OS. The number of piperazine rings is 1. The zero-order chi connectivity index (χ0) is 16.7. The lowest BCUT2D eigenvalue weighted by molar-refractivity contribution is -0.127. The number of hydrogen-bond donors (Lipinski definition) is 2. The van der Waals surface area contributed by atoms with Gasteiger partial charge >= 0.3 is 0 Å². The SMILES string of the molecule is Cc1nc(C)c(CN2CCN(C3NC(=O)CC(C4CC4)N3)CC2)s1. The summed E-state index contributed by atoms with van der Waals surface area (Å²) in [7, 11) is 0. The van der Waals surface area contributed by atoms with E-state index in [-0.39, 0.29) is 12.2 Å². The minimum absolute atomic E-state index is 0.0198. The molecule has 1 aliphatic carbocycles. The number of amides is 1. The Morgan fingerprint density at radius 2 is 1.96 bits per heavy atom. The summed E-state index contributed by atoms with van der Waals surface area (Å²) in [4.78, 5) is 22.8. The van der Waals surface area contributed by atoms with Crippen LogP contribution >= 0.6 is 11.3 Å². The molecule has 2 unspecified atom stereocenters. The predicted molar refractivity (Wildman–Crippen MR) is 94.6 cm³/mol. The molecule has 0 aromatic carbocycles. The standard InChI is InChI=1S/C17H27N5OS/c1-11-15(24-12(2)18-11)10-21-5-7-22(8-6-21)17-19-14(13-3-4-13)9-16(23)20-17/h13-14,17,19H,3-10H2,1-2H3,(H,20,23). The highest BCUT2D eigenvalue weighted by molar-refractivity contribution is 7.11. The first-order valence-electron chi connectivity index (χ1n) is 9.03. The summed E-state index contributed by atoms with van der Waals surface area (Å²) >= 11 is 1.81. The van der Waals surface area contributed by atoms with Gasteiger partial charge in [-0.15, -0.1) is 11.3 Å². The maximum atomic E-state index is 12.0. The van der Waals surface area contributed by atoms with Crippen molar-refractivity contribution >= 4 is 17.2 Å². The van der Waals surface area contributed by atoms with Gasteiger partial charge in [0.2, 0.25) is 5.91 Å². The molecule has 3 fully saturated rings. The maximum absolute atomic E-state index is 12.0. The molecule has 0 radical (unpaired) electrons. The van der Waals surface area contributed by atoms with Gasteiger partial charge < -0.3 is 5.32 Å². The van der Waals surface area contributed by atoms with Crippen LogP contribution in [0.5, 0.6) is 0 Å². The highest BCUT2D eigenvalue weighted by Gasteiger charge is 2.39. The quantitative estimate of drug-likeness (QED) is 0.851. The van der Waals surface area contributed by atoms with E-state index in [0.29, 0.717) is 12.5 Å². The van der Waals surface area contributed by atoms with E-state index in [0.717, 1.165) is 43.6 Å². The minimum Gasteiger partial charge on any atom is -0.328 e. The van der Waals surface area contributed by atoms with Crippen molar-refractivity contribution in [3.63, 3.8) is 0 Å². The second kappa shape index (κ2) is 6.71. The third kappa shape index (κ3) is 3.64. The van der Waals surface area contributed by atoms with Crippen molar-refractivity contribution in [3.8, 4) is 0 Å². The summed E-state index contributed by atoms with van der Waals surface area (Å²) in [5.74, 6) is 0.922. The molecule has 6 nitrogen and oxygen atoms in total. The van der Waals surface area contributed by atoms with Gasteiger partial charge in [0.25, 0.3) is 0 Å². The first-order chi connectivity index (χ1) is 11.6. The molecule has 1 amide bonds. The predicted octanol–water partition coefficient (Wildman–Crippen LogP) is 1.05. The summed E-state index contributed by atoms with van der Waals surface area (Å²) in [5, 5.41) is 7.94. The Labute approximate surface area is 147 Å². The number of nitrogens with zero attached hydrogens (tertiary/aromatic N) is 3. The summed E-state index contributed by atoms with van der Waals surface area (Å²) in [5.41, 5.74) is 1.17. The summed E-state index contributed by atoms with van der Waals surface area (Å²) in [6, 6.07) is 0.379. The van der Waals surface area contributed by atoms with Crippen LogP contribution in [0.4, 0.5) is 0 Å². The lowest BCUT2D eigenvalue weighted by atomic mass is 10.1. The van der Waals surface area contributed by atoms with E-state index >= 15 is 0 Å². The van der Waals surface area contributed by atoms with Gasteiger partial charge in [-0.05, 0) is 32.6 Å². The smallest absolute Gasteiger partial charge is 0.223 e. The zero-order valence-corrected chi connectivity index (χ0v) is 15.4. The first kappa shape index (κ1) is 16.4. The average molecular weight is 350 g/mol. The van der Waals surface area contributed by atoms with Gasteiger partial charge in [0.15, 0.2) is 0 Å². The van der Waals surface area contributed by atoms with Crippen LogP contribution in [-0.4, -0.2) is 59.2 Å². The van der Waals surface area contributed by atoms with Gasteiger partial charge in [-0.1, -0.05) is 0 Å². The number of nitrogens with one attached hydrogen (secondary N) is 2. The lowest BCUT2D eigenvalue weighted by Crippen LogP contribution is -2.66. The molecule has 1 aromatic rings. The average Bonchev–Trinajstić information content (AvgIpc) is 3.34. The van der Waals surface area contributed by atoms with E-state index in [2.05, 4.69) is 39.3 Å². The van der Waals surface area contributed by atoms with E-state index in [1.54, 1.807) is 0 Å². The van der Waals surface area contributed by atoms with Gasteiger partial charge in [-0.25, -0.2) is 4.98 Å². The fraction of sp³-hybridized carbons (Fsp3) is 0.765. The molecule has 2 saturated heterocycles. The summed E-state index contributed by atoms with van der Waals surface area (Å²) in [6.45, 7) is 9.25. The van der Waals surface area contributed by atoms with E-state index in [9.17, 15) is 4.79 Å². The molecule has 2 atom stereocenters. The van der Waals surface area contributed by atoms with Crippen LogP contribution in [0, 0.1) is 19.8 Å². The summed E-state index contributed by atoms with van der Waals surface area (Å²) in [6.07, 6.45) is 3.22. The Hall–Kier alpha value is -1.02. The Kier molecular flexibility index (Phi) is 4.60. The van der Waals surface area contributed by atoms with E-state index in [1.807, 2.05) is 11.3 Å². The van der Waals surface area contributed by atoms with E-state index in [4.69, 9.17) is 0 Å². The molecule has 4 rings (SSSR count). The zero-order valence-electron chi connectivity index (χ0n) is 14.5. The molecular weight excluding hydrogens is 322 g/mol. The largest absolute Gasteiger partial charge is 0.328 e. The number of carbonyl (C=O) groups is 1. The highest BCUT2D eigenvalue weighted by Crippen LogP contribution is 2.35. The number of thiazole rings is 1. The van der Waals surface area contributed by atoms with Crippen LogP contribution in [0.25, 0.3) is 0 Å². The fourth-order valence-corrected chi connectivity index (χ4v) is 4.80. The molecule has 0 spiro atoms. The molecule has 2 N–H and O–H groups in total. The number of hydrogen-bond acceptors (Lipinski definition) is 6. The molecule has 24 heavy (non-hydrogen) atoms. The monoisotopic (exact) mass is 349 g/mol. The highest BCUT2D eigenvalue weighted by atomic mass is 32.1. The van der Waals surface area contributed by atoms with Crippen LogP contribution in [0.3, 0.4) is 0 Å². The van der Waals surface area contributed by atoms with Crippen LogP contribution in [0.1, 0.15) is 34.8 Å². The van der Waals surface area contributed by atoms with Gasteiger partial charge in [-0.2, -0.15) is 0 Å². The van der Waals surface area contributed by atoms with Gasteiger partial charge in [0, 0.05) is 50.1 Å². The van der Waals surface area contributed by atoms with E-state index < -0.39 is 0 Å². The van der Waals surface area contributed by atoms with Gasteiger partial charge in [0.1, 0.15) is 6.29 Å². The van der Waals surface area contributed by atoms with Crippen LogP contribution in [-0.2, 0) is 11.3 Å². The normalized spacial score (nSPS) is 29.7. The summed E-state index contributed by atoms with van der Waals surface area (Å²) < 4.78 is 0. The van der Waals surface area contributed by atoms with E-state index in [1.165, 1.54) is 23.4 Å². The van der Waals surface area contributed by atoms with Crippen molar-refractivity contribution in [1.29, 1.82) is 0 Å². The molecule has 1 aromatic heterocycles. The lowest BCUT2D eigenvalue weighted by Gasteiger charge is -2.43. The van der Waals surface area contributed by atoms with Gasteiger partial charge in [0.05, 0.1) is 10.7 Å². The second-order valence-corrected chi connectivity index (χ2v) is 8.63. The number of rotatable bonds is 4. The van der Waals surface area contributed by atoms with Crippen LogP contribution in [0.2, 0.25) is 0 Å². The maximum Gasteiger partial charge on any atom is 0.223 e. The first-order valence-corrected chi connectivity index (χ1v) is 9.85. The van der Waals surface area contributed by atoms with Crippen molar-refractivity contribution < 1.29 is 4.79 Å². The van der Waals surface area contributed by atoms with Crippen LogP contribution in [0.15, 0.2) is 0 Å². The van der Waals surface area contributed by atoms with Crippen molar-refractivity contribution in [2.45, 2.75) is 52.0 Å². The Morgan fingerprint density at radius 1 is 1.21 bits per heavy atom. The van der Waals surface area contributed by atoms with Gasteiger partial charge in [-0.3, -0.25) is 19.9 Å². The molecule has 3 heterocycles. The van der Waals surface area contributed by atoms with Crippen molar-refractivity contribution in [1.82, 2.24) is 25.4 Å². The fourth-order valence-electron chi connectivity index (χ4n) is 3.82. The third-order valence-corrected chi connectivity index (χ3v) is 6.46. The molecule has 0 bridgehead atoms. The number of aromatic nitrogens is 1.